The molecule has 3 heteroatoms. The molecule has 1 atom stereocenters. The van der Waals surface area contributed by atoms with Gasteiger partial charge in [0.05, 0.1) is 11.7 Å². The lowest BCUT2D eigenvalue weighted by Crippen LogP contribution is -2.41. The number of nitrogens with zero attached hydrogens (tertiary/aromatic N) is 2. The van der Waals surface area contributed by atoms with Gasteiger partial charge in [-0.15, -0.1) is 0 Å². The molecule has 2 aromatic rings. The highest BCUT2D eigenvalue weighted by Crippen LogP contribution is 2.46. The maximum Gasteiger partial charge on any atom is 0.0762 e. The van der Waals surface area contributed by atoms with Crippen LogP contribution >= 0.6 is 0 Å². The molecule has 1 aromatic carbocycles. The van der Waals surface area contributed by atoms with Gasteiger partial charge in [0.15, 0.2) is 0 Å². The molecule has 0 bridgehead atoms. The summed E-state index contributed by atoms with van der Waals surface area (Å²) in [6.07, 6.45) is 11.3. The monoisotopic (exact) mass is 267 g/mol. The second kappa shape index (κ2) is 5.71. The minimum Gasteiger partial charge on any atom is -0.322 e. The number of benzene rings is 1. The average Bonchev–Trinajstić information content (AvgIpc) is 2.56. The Morgan fingerprint density at radius 2 is 1.75 bits per heavy atom. The summed E-state index contributed by atoms with van der Waals surface area (Å²) in [7, 11) is 0. The van der Waals surface area contributed by atoms with Crippen molar-refractivity contribution >= 4 is 0 Å². The average molecular weight is 267 g/mol. The fourth-order valence-corrected chi connectivity index (χ4v) is 3.49. The van der Waals surface area contributed by atoms with Gasteiger partial charge in [0, 0.05) is 24.0 Å². The SMILES string of the molecule is NC(c1cnccn1)C1(c2ccccc2)CCCCC1. The summed E-state index contributed by atoms with van der Waals surface area (Å²) in [4.78, 5) is 8.62. The van der Waals surface area contributed by atoms with Gasteiger partial charge < -0.3 is 5.73 Å². The maximum atomic E-state index is 6.63. The molecule has 20 heavy (non-hydrogen) atoms. The second-order valence-electron chi connectivity index (χ2n) is 5.69. The Labute approximate surface area is 120 Å². The van der Waals surface area contributed by atoms with Crippen molar-refractivity contribution in [3.05, 3.63) is 60.2 Å². The molecule has 1 fully saturated rings. The lowest BCUT2D eigenvalue weighted by molar-refractivity contribution is 0.241. The lowest BCUT2D eigenvalue weighted by Gasteiger charge is -2.42. The van der Waals surface area contributed by atoms with E-state index in [2.05, 4.69) is 40.3 Å². The molecule has 0 spiro atoms. The van der Waals surface area contributed by atoms with Crippen LogP contribution in [-0.2, 0) is 5.41 Å². The van der Waals surface area contributed by atoms with Crippen molar-refractivity contribution in [2.24, 2.45) is 5.73 Å². The standard InChI is InChI=1S/C17H21N3/c18-16(15-13-19-11-12-20-15)17(9-5-2-6-10-17)14-7-3-1-4-8-14/h1,3-4,7-8,11-13,16H,2,5-6,9-10,18H2. The van der Waals surface area contributed by atoms with Crippen LogP contribution in [0.25, 0.3) is 0 Å². The summed E-state index contributed by atoms with van der Waals surface area (Å²) in [6.45, 7) is 0. The highest BCUT2D eigenvalue weighted by atomic mass is 14.8. The Kier molecular flexibility index (Phi) is 3.79. The van der Waals surface area contributed by atoms with Gasteiger partial charge in [-0.3, -0.25) is 9.97 Å². The minimum absolute atomic E-state index is 0.00947. The molecule has 1 heterocycles. The van der Waals surface area contributed by atoms with Gasteiger partial charge >= 0.3 is 0 Å². The molecule has 0 amide bonds. The van der Waals surface area contributed by atoms with E-state index in [-0.39, 0.29) is 11.5 Å². The van der Waals surface area contributed by atoms with Crippen LogP contribution in [0.4, 0.5) is 0 Å². The smallest absolute Gasteiger partial charge is 0.0762 e. The summed E-state index contributed by atoms with van der Waals surface area (Å²) in [5.74, 6) is 0. The predicted molar refractivity (Wildman–Crippen MR) is 80.2 cm³/mol. The predicted octanol–water partition coefficient (Wildman–Crippen LogP) is 3.38. The largest absolute Gasteiger partial charge is 0.322 e. The van der Waals surface area contributed by atoms with Crippen LogP contribution in [0, 0.1) is 0 Å². The topological polar surface area (TPSA) is 51.8 Å². The van der Waals surface area contributed by atoms with Crippen LogP contribution in [0.1, 0.15) is 49.4 Å². The van der Waals surface area contributed by atoms with Crippen LogP contribution in [0.5, 0.6) is 0 Å². The van der Waals surface area contributed by atoms with E-state index in [9.17, 15) is 0 Å². The van der Waals surface area contributed by atoms with Crippen molar-refractivity contribution in [2.75, 3.05) is 0 Å². The van der Waals surface area contributed by atoms with Gasteiger partial charge in [0.1, 0.15) is 0 Å². The first-order chi connectivity index (χ1) is 9.83. The third-order valence-corrected chi connectivity index (χ3v) is 4.59. The fraction of sp³-hybridized carbons (Fsp3) is 0.412. The van der Waals surface area contributed by atoms with E-state index in [4.69, 9.17) is 5.73 Å². The number of hydrogen-bond acceptors (Lipinski definition) is 3. The second-order valence-corrected chi connectivity index (χ2v) is 5.69. The molecule has 3 rings (SSSR count). The number of nitrogens with two attached hydrogens (primary N) is 1. The van der Waals surface area contributed by atoms with Gasteiger partial charge in [-0.2, -0.15) is 0 Å². The van der Waals surface area contributed by atoms with E-state index in [1.807, 2.05) is 6.20 Å². The van der Waals surface area contributed by atoms with Gasteiger partial charge in [-0.05, 0) is 18.4 Å². The van der Waals surface area contributed by atoms with Crippen LogP contribution < -0.4 is 5.73 Å². The number of aromatic nitrogens is 2. The quantitative estimate of drug-likeness (QED) is 0.927. The van der Waals surface area contributed by atoms with Gasteiger partial charge in [-0.25, -0.2) is 0 Å². The minimum atomic E-state index is -0.0844. The maximum absolute atomic E-state index is 6.63. The van der Waals surface area contributed by atoms with Crippen molar-refractivity contribution in [2.45, 2.75) is 43.6 Å². The van der Waals surface area contributed by atoms with E-state index in [0.717, 1.165) is 18.5 Å². The third kappa shape index (κ3) is 2.34. The van der Waals surface area contributed by atoms with Crippen molar-refractivity contribution in [3.63, 3.8) is 0 Å². The van der Waals surface area contributed by atoms with E-state index >= 15 is 0 Å². The van der Waals surface area contributed by atoms with E-state index in [0.29, 0.717) is 0 Å². The zero-order valence-corrected chi connectivity index (χ0v) is 11.7. The summed E-state index contributed by atoms with van der Waals surface area (Å²) >= 11 is 0. The Bertz CT molecular complexity index is 533. The number of rotatable bonds is 3. The van der Waals surface area contributed by atoms with Crippen LogP contribution in [0.3, 0.4) is 0 Å². The molecule has 0 radical (unpaired) electrons. The Balaban J connectivity index is 2.02. The first kappa shape index (κ1) is 13.3. The highest BCUT2D eigenvalue weighted by molar-refractivity contribution is 5.31. The molecular weight excluding hydrogens is 246 g/mol. The van der Waals surface area contributed by atoms with E-state index < -0.39 is 0 Å². The molecule has 104 valence electrons. The van der Waals surface area contributed by atoms with Crippen LogP contribution in [0.2, 0.25) is 0 Å². The highest BCUT2D eigenvalue weighted by Gasteiger charge is 2.40. The summed E-state index contributed by atoms with van der Waals surface area (Å²) < 4.78 is 0. The Morgan fingerprint density at radius 1 is 1.00 bits per heavy atom. The summed E-state index contributed by atoms with van der Waals surface area (Å²) in [6, 6.07) is 10.6. The molecule has 2 N–H and O–H groups in total. The summed E-state index contributed by atoms with van der Waals surface area (Å²) in [5, 5.41) is 0. The van der Waals surface area contributed by atoms with Crippen molar-refractivity contribution in [1.29, 1.82) is 0 Å². The first-order valence-corrected chi connectivity index (χ1v) is 7.40. The van der Waals surface area contributed by atoms with E-state index in [1.54, 1.807) is 12.4 Å². The zero-order chi connectivity index (χ0) is 13.8. The third-order valence-electron chi connectivity index (χ3n) is 4.59. The van der Waals surface area contributed by atoms with E-state index in [1.165, 1.54) is 24.8 Å². The van der Waals surface area contributed by atoms with Gasteiger partial charge in [0.25, 0.3) is 0 Å². The zero-order valence-electron chi connectivity index (χ0n) is 11.7. The van der Waals surface area contributed by atoms with Crippen LogP contribution in [-0.4, -0.2) is 9.97 Å². The Hall–Kier alpha value is -1.74. The van der Waals surface area contributed by atoms with Gasteiger partial charge in [0.2, 0.25) is 0 Å². The molecule has 0 aliphatic heterocycles. The molecule has 1 unspecified atom stereocenters. The normalized spacial score (nSPS) is 19.4. The van der Waals surface area contributed by atoms with Crippen molar-refractivity contribution in [3.8, 4) is 0 Å². The van der Waals surface area contributed by atoms with Crippen LogP contribution in [0.15, 0.2) is 48.9 Å². The Morgan fingerprint density at radius 3 is 2.40 bits per heavy atom. The first-order valence-electron chi connectivity index (χ1n) is 7.40. The van der Waals surface area contributed by atoms with Crippen molar-refractivity contribution < 1.29 is 0 Å². The number of hydrogen-bond donors (Lipinski definition) is 1. The molecule has 3 nitrogen and oxygen atoms in total. The molecule has 1 aliphatic carbocycles. The molecule has 1 aliphatic rings. The molecule has 1 saturated carbocycles. The summed E-state index contributed by atoms with van der Waals surface area (Å²) in [5.41, 5.74) is 8.89. The molecular formula is C17H21N3. The lowest BCUT2D eigenvalue weighted by atomic mass is 9.64. The molecule has 0 saturated heterocycles. The fourth-order valence-electron chi connectivity index (χ4n) is 3.49. The van der Waals surface area contributed by atoms with Gasteiger partial charge in [-0.1, -0.05) is 49.6 Å². The molecule has 1 aromatic heterocycles. The van der Waals surface area contributed by atoms with Crippen molar-refractivity contribution in [1.82, 2.24) is 9.97 Å².